The number of benzene rings is 1. The summed E-state index contributed by atoms with van der Waals surface area (Å²) in [6.45, 7) is 8.49. The van der Waals surface area contributed by atoms with Gasteiger partial charge in [-0.25, -0.2) is 0 Å². The van der Waals surface area contributed by atoms with Crippen LogP contribution in [0.3, 0.4) is 0 Å². The average Bonchev–Trinajstić information content (AvgIpc) is 3.20. The minimum absolute atomic E-state index is 0.128. The first-order valence-corrected chi connectivity index (χ1v) is 12.2. The van der Waals surface area contributed by atoms with E-state index >= 15 is 0 Å². The van der Waals surface area contributed by atoms with Gasteiger partial charge in [0.2, 0.25) is 0 Å². The Labute approximate surface area is 195 Å². The molecule has 0 bridgehead atoms. The van der Waals surface area contributed by atoms with E-state index in [1.54, 1.807) is 11.3 Å². The number of para-hydroxylation sites is 1. The fourth-order valence-corrected chi connectivity index (χ4v) is 6.09. The van der Waals surface area contributed by atoms with Crippen molar-refractivity contribution < 1.29 is 4.79 Å². The van der Waals surface area contributed by atoms with E-state index in [1.807, 2.05) is 36.1 Å². The molecule has 166 valence electrons. The molecule has 32 heavy (non-hydrogen) atoms. The van der Waals surface area contributed by atoms with Crippen LogP contribution >= 0.6 is 11.3 Å². The number of ketones is 1. The number of anilines is 1. The number of nitrogens with two attached hydrogens (primary N) is 1. The number of aryl methyl sites for hydroxylation is 2. The molecule has 0 fully saturated rings. The van der Waals surface area contributed by atoms with Gasteiger partial charge in [-0.2, -0.15) is 5.26 Å². The van der Waals surface area contributed by atoms with Gasteiger partial charge >= 0.3 is 0 Å². The zero-order valence-corrected chi connectivity index (χ0v) is 20.2. The van der Waals surface area contributed by atoms with E-state index in [0.29, 0.717) is 17.8 Å². The Hall–Kier alpha value is -2.84. The third-order valence-corrected chi connectivity index (χ3v) is 7.69. The second kappa shape index (κ2) is 8.60. The Balaban J connectivity index is 1.93. The molecule has 4 rings (SSSR count). The van der Waals surface area contributed by atoms with Crippen molar-refractivity contribution in [3.05, 3.63) is 74.4 Å². The Morgan fingerprint density at radius 3 is 2.66 bits per heavy atom. The number of Topliss-reactive ketones (excluding diaryl/α,β-unsaturated/α-hetero) is 1. The molecular formula is C27H31N3OS. The van der Waals surface area contributed by atoms with Crippen LogP contribution in [0.15, 0.2) is 59.1 Å². The van der Waals surface area contributed by atoms with Crippen molar-refractivity contribution in [2.45, 2.75) is 65.7 Å². The SMILES string of the molecule is CCCCc1ccc(C2C(C#N)=C(N)N(c3ccccc3C)C3=C2C(=O)CC(C)(C)C3)s1. The van der Waals surface area contributed by atoms with Crippen LogP contribution in [0.2, 0.25) is 0 Å². The highest BCUT2D eigenvalue weighted by molar-refractivity contribution is 7.12. The van der Waals surface area contributed by atoms with E-state index in [4.69, 9.17) is 5.73 Å². The van der Waals surface area contributed by atoms with Crippen LogP contribution in [-0.2, 0) is 11.2 Å². The molecule has 1 aliphatic carbocycles. The molecule has 5 heteroatoms. The number of allylic oxidation sites excluding steroid dienone is 3. The fourth-order valence-electron chi connectivity index (χ4n) is 4.92. The van der Waals surface area contributed by atoms with Crippen molar-refractivity contribution in [1.82, 2.24) is 0 Å². The summed E-state index contributed by atoms with van der Waals surface area (Å²) in [6, 6.07) is 14.6. The molecule has 2 N–H and O–H groups in total. The topological polar surface area (TPSA) is 70.1 Å². The fraction of sp³-hybridized carbons (Fsp3) is 0.407. The number of hydrogen-bond acceptors (Lipinski definition) is 5. The lowest BCUT2D eigenvalue weighted by Crippen LogP contribution is -2.42. The molecule has 2 aromatic rings. The largest absolute Gasteiger partial charge is 0.384 e. The molecule has 1 atom stereocenters. The van der Waals surface area contributed by atoms with E-state index in [2.05, 4.69) is 39.0 Å². The van der Waals surface area contributed by atoms with E-state index in [1.165, 1.54) is 4.88 Å². The first-order chi connectivity index (χ1) is 15.3. The third-order valence-electron chi connectivity index (χ3n) is 6.48. The molecule has 2 aliphatic rings. The maximum absolute atomic E-state index is 13.6. The zero-order chi connectivity index (χ0) is 23.0. The number of unbranched alkanes of at least 4 members (excludes halogenated alkanes) is 1. The molecule has 1 aromatic heterocycles. The first-order valence-electron chi connectivity index (χ1n) is 11.4. The highest BCUT2D eigenvalue weighted by Gasteiger charge is 2.45. The van der Waals surface area contributed by atoms with Gasteiger partial charge in [-0.3, -0.25) is 9.69 Å². The Kier molecular flexibility index (Phi) is 6.01. The standard InChI is InChI=1S/C27H31N3OS/c1-5-6-10-18-12-13-23(32-18)24-19(16-28)26(29)30(20-11-8-7-9-17(20)2)21-14-27(3,4)15-22(31)25(21)24/h7-9,11-13,24H,5-6,10,14-15,29H2,1-4H3. The van der Waals surface area contributed by atoms with Crippen LogP contribution in [0.25, 0.3) is 0 Å². The highest BCUT2D eigenvalue weighted by atomic mass is 32.1. The summed E-state index contributed by atoms with van der Waals surface area (Å²) in [5.74, 6) is 0.197. The minimum atomic E-state index is -0.376. The molecule has 0 amide bonds. The Morgan fingerprint density at radius 1 is 1.22 bits per heavy atom. The number of nitriles is 1. The predicted molar refractivity (Wildman–Crippen MR) is 131 cm³/mol. The molecule has 0 spiro atoms. The lowest BCUT2D eigenvalue weighted by Gasteiger charge is -2.43. The van der Waals surface area contributed by atoms with Crippen LogP contribution in [0.5, 0.6) is 0 Å². The molecule has 0 radical (unpaired) electrons. The summed E-state index contributed by atoms with van der Waals surface area (Å²) in [4.78, 5) is 17.9. The van der Waals surface area contributed by atoms with E-state index in [0.717, 1.165) is 53.1 Å². The number of rotatable bonds is 5. The van der Waals surface area contributed by atoms with Gasteiger partial charge in [0, 0.05) is 27.4 Å². The summed E-state index contributed by atoms with van der Waals surface area (Å²) in [5, 5.41) is 10.2. The third kappa shape index (κ3) is 3.89. The molecule has 1 unspecified atom stereocenters. The summed E-state index contributed by atoms with van der Waals surface area (Å²) in [5.41, 5.74) is 10.7. The first kappa shape index (κ1) is 22.4. The van der Waals surface area contributed by atoms with E-state index in [9.17, 15) is 10.1 Å². The molecule has 0 saturated heterocycles. The van der Waals surface area contributed by atoms with Crippen molar-refractivity contribution >= 4 is 22.8 Å². The van der Waals surface area contributed by atoms with E-state index in [-0.39, 0.29) is 17.1 Å². The minimum Gasteiger partial charge on any atom is -0.384 e. The number of thiophene rings is 1. The van der Waals surface area contributed by atoms with Gasteiger partial charge in [0.05, 0.1) is 23.2 Å². The Bertz CT molecular complexity index is 1160. The molecule has 2 heterocycles. The predicted octanol–water partition coefficient (Wildman–Crippen LogP) is 6.34. The van der Waals surface area contributed by atoms with Gasteiger partial charge in [0.15, 0.2) is 5.78 Å². The molecular weight excluding hydrogens is 414 g/mol. The van der Waals surface area contributed by atoms with Crippen molar-refractivity contribution in [2.75, 3.05) is 4.90 Å². The number of carbonyl (C=O) groups excluding carboxylic acids is 1. The van der Waals surface area contributed by atoms with Gasteiger partial charge < -0.3 is 5.73 Å². The summed E-state index contributed by atoms with van der Waals surface area (Å²) in [6.07, 6.45) is 4.53. The van der Waals surface area contributed by atoms with Gasteiger partial charge in [-0.15, -0.1) is 11.3 Å². The van der Waals surface area contributed by atoms with Gasteiger partial charge in [0.1, 0.15) is 5.82 Å². The maximum atomic E-state index is 13.6. The van der Waals surface area contributed by atoms with Crippen LogP contribution in [0, 0.1) is 23.7 Å². The van der Waals surface area contributed by atoms with Crippen LogP contribution in [0.4, 0.5) is 5.69 Å². The number of carbonyl (C=O) groups is 1. The lowest BCUT2D eigenvalue weighted by molar-refractivity contribution is -0.118. The normalized spacial score (nSPS) is 20.4. The maximum Gasteiger partial charge on any atom is 0.162 e. The highest BCUT2D eigenvalue weighted by Crippen LogP contribution is 2.51. The number of nitrogens with zero attached hydrogens (tertiary/aromatic N) is 2. The zero-order valence-electron chi connectivity index (χ0n) is 19.4. The average molecular weight is 446 g/mol. The summed E-state index contributed by atoms with van der Waals surface area (Å²) >= 11 is 1.71. The second-order valence-electron chi connectivity index (χ2n) is 9.67. The summed E-state index contributed by atoms with van der Waals surface area (Å²) < 4.78 is 0. The number of hydrogen-bond donors (Lipinski definition) is 1. The van der Waals surface area contributed by atoms with Crippen molar-refractivity contribution in [2.24, 2.45) is 11.1 Å². The quantitative estimate of drug-likeness (QED) is 0.583. The monoisotopic (exact) mass is 445 g/mol. The van der Waals surface area contributed by atoms with Crippen LogP contribution in [0.1, 0.15) is 67.7 Å². The molecule has 0 saturated carbocycles. The lowest BCUT2D eigenvalue weighted by atomic mass is 9.69. The van der Waals surface area contributed by atoms with Gasteiger partial charge in [0.25, 0.3) is 0 Å². The summed E-state index contributed by atoms with van der Waals surface area (Å²) in [7, 11) is 0. The second-order valence-corrected chi connectivity index (χ2v) is 10.9. The van der Waals surface area contributed by atoms with Crippen LogP contribution < -0.4 is 10.6 Å². The van der Waals surface area contributed by atoms with Gasteiger partial charge in [-0.1, -0.05) is 45.4 Å². The molecule has 1 aliphatic heterocycles. The Morgan fingerprint density at radius 2 is 1.97 bits per heavy atom. The van der Waals surface area contributed by atoms with Crippen molar-refractivity contribution in [1.29, 1.82) is 5.26 Å². The van der Waals surface area contributed by atoms with Crippen LogP contribution in [-0.4, -0.2) is 5.78 Å². The smallest absolute Gasteiger partial charge is 0.162 e. The van der Waals surface area contributed by atoms with Crippen molar-refractivity contribution in [3.63, 3.8) is 0 Å². The molecule has 1 aromatic carbocycles. The van der Waals surface area contributed by atoms with E-state index < -0.39 is 0 Å². The molecule has 4 nitrogen and oxygen atoms in total. The van der Waals surface area contributed by atoms with Gasteiger partial charge in [-0.05, 0) is 55.4 Å². The van der Waals surface area contributed by atoms with Crippen molar-refractivity contribution in [3.8, 4) is 6.07 Å².